The number of nitrogens with one attached hydrogen (secondary N) is 1. The van der Waals surface area contributed by atoms with Crippen LogP contribution in [0.15, 0.2) is 36.5 Å². The van der Waals surface area contributed by atoms with Crippen LogP contribution in [0.5, 0.6) is 17.2 Å². The van der Waals surface area contributed by atoms with Crippen LogP contribution < -0.4 is 19.5 Å². The molecule has 1 N–H and O–H groups in total. The van der Waals surface area contributed by atoms with E-state index in [0.29, 0.717) is 19.4 Å². The molecule has 0 saturated carbocycles. The maximum absolute atomic E-state index is 13.3. The molecule has 2 aromatic rings. The number of carbonyl (C=O) groups is 3. The highest BCUT2D eigenvalue weighted by Gasteiger charge is 2.35. The second-order valence-corrected chi connectivity index (χ2v) is 9.74. The first kappa shape index (κ1) is 31.8. The molecular formula is C30H40N2O9. The fraction of sp³-hybridized carbons (Fsp3) is 0.533. The highest BCUT2D eigenvalue weighted by atomic mass is 16.6. The maximum Gasteiger partial charge on any atom is 0.329 e. The predicted octanol–water partition coefficient (Wildman–Crippen LogP) is 3.52. The number of rotatable bonds is 12. The van der Waals surface area contributed by atoms with Gasteiger partial charge in [-0.05, 0) is 56.7 Å². The van der Waals surface area contributed by atoms with E-state index < -0.39 is 30.0 Å². The number of carbonyl (C=O) groups excluding carboxylic acids is 3. The van der Waals surface area contributed by atoms with Gasteiger partial charge in [-0.1, -0.05) is 18.6 Å². The number of aromatic nitrogens is 1. The summed E-state index contributed by atoms with van der Waals surface area (Å²) >= 11 is 0. The van der Waals surface area contributed by atoms with Crippen molar-refractivity contribution >= 4 is 17.8 Å². The molecule has 1 aliphatic heterocycles. The highest BCUT2D eigenvalue weighted by Crippen LogP contribution is 2.31. The summed E-state index contributed by atoms with van der Waals surface area (Å²) in [4.78, 5) is 43.0. The van der Waals surface area contributed by atoms with E-state index in [-0.39, 0.29) is 42.2 Å². The molecule has 3 rings (SSSR count). The molecule has 4 atom stereocenters. The van der Waals surface area contributed by atoms with E-state index in [0.717, 1.165) is 24.2 Å². The van der Waals surface area contributed by atoms with Crippen LogP contribution >= 0.6 is 0 Å². The van der Waals surface area contributed by atoms with Crippen molar-refractivity contribution in [2.45, 2.75) is 64.2 Å². The van der Waals surface area contributed by atoms with E-state index in [9.17, 15) is 14.4 Å². The third-order valence-electron chi connectivity index (χ3n) is 6.93. The van der Waals surface area contributed by atoms with E-state index >= 15 is 0 Å². The maximum atomic E-state index is 13.3. The number of amides is 1. The largest absolute Gasteiger partial charge is 0.497 e. The number of pyridine rings is 1. The predicted molar refractivity (Wildman–Crippen MR) is 149 cm³/mol. The molecule has 0 radical (unpaired) electrons. The quantitative estimate of drug-likeness (QED) is 0.377. The topological polar surface area (TPSA) is 132 Å². The molecule has 2 heterocycles. The summed E-state index contributed by atoms with van der Waals surface area (Å²) < 4.78 is 32.8. The zero-order valence-corrected chi connectivity index (χ0v) is 24.3. The Kier molecular flexibility index (Phi) is 12.4. The average Bonchev–Trinajstić information content (AvgIpc) is 3.02. The van der Waals surface area contributed by atoms with E-state index in [1.807, 2.05) is 38.1 Å². The van der Waals surface area contributed by atoms with E-state index in [1.165, 1.54) is 26.5 Å². The fourth-order valence-electron chi connectivity index (χ4n) is 4.89. The lowest BCUT2D eigenvalue weighted by Gasteiger charge is -2.31. The summed E-state index contributed by atoms with van der Waals surface area (Å²) in [6, 6.07) is 8.43. The minimum absolute atomic E-state index is 0.0266. The van der Waals surface area contributed by atoms with Gasteiger partial charge in [0.15, 0.2) is 11.4 Å². The van der Waals surface area contributed by atoms with Crippen molar-refractivity contribution in [2.75, 3.05) is 34.5 Å². The van der Waals surface area contributed by atoms with Gasteiger partial charge in [-0.3, -0.25) is 9.59 Å². The van der Waals surface area contributed by atoms with Crippen LogP contribution in [0.4, 0.5) is 0 Å². The van der Waals surface area contributed by atoms with Gasteiger partial charge in [0.25, 0.3) is 5.91 Å². The van der Waals surface area contributed by atoms with Crippen molar-refractivity contribution in [2.24, 2.45) is 5.92 Å². The number of hydrogen-bond acceptors (Lipinski definition) is 10. The number of nitrogens with zero attached hydrogens (tertiary/aromatic N) is 1. The number of hydrogen-bond donors (Lipinski definition) is 1. The van der Waals surface area contributed by atoms with Crippen LogP contribution in [0, 0.1) is 5.92 Å². The first-order valence-electron chi connectivity index (χ1n) is 13.8. The third-order valence-corrected chi connectivity index (χ3v) is 6.93. The molecule has 1 aromatic heterocycles. The lowest BCUT2D eigenvalue weighted by molar-refractivity contribution is -0.160. The molecule has 11 nitrogen and oxygen atoms in total. The van der Waals surface area contributed by atoms with Crippen LogP contribution in [0.3, 0.4) is 0 Å². The SMILES string of the molecule is CCO[C@@H]1C(Cc2ccc(OC)cc2)CCC[C@H](NC(=O)c2nccc(OC)c2OC(=O)CCOC)C(=O)OC1C. The molecule has 0 bridgehead atoms. The normalized spacial score (nSPS) is 21.0. The van der Waals surface area contributed by atoms with E-state index in [4.69, 9.17) is 28.4 Å². The summed E-state index contributed by atoms with van der Waals surface area (Å²) in [6.07, 6.45) is 2.95. The van der Waals surface area contributed by atoms with Crippen LogP contribution in [0.1, 0.15) is 55.6 Å². The molecule has 1 amide bonds. The Bertz CT molecular complexity index is 1160. The smallest absolute Gasteiger partial charge is 0.329 e. The lowest BCUT2D eigenvalue weighted by atomic mass is 9.87. The van der Waals surface area contributed by atoms with Gasteiger partial charge in [0.2, 0.25) is 5.75 Å². The summed E-state index contributed by atoms with van der Waals surface area (Å²) in [5, 5.41) is 2.73. The first-order valence-corrected chi connectivity index (χ1v) is 13.8. The van der Waals surface area contributed by atoms with Gasteiger partial charge in [-0.15, -0.1) is 0 Å². The Morgan fingerprint density at radius 3 is 2.49 bits per heavy atom. The number of methoxy groups -OCH3 is 3. The Labute approximate surface area is 240 Å². The molecular weight excluding hydrogens is 532 g/mol. The number of cyclic esters (lactones) is 1. The van der Waals surface area contributed by atoms with E-state index in [2.05, 4.69) is 10.3 Å². The van der Waals surface area contributed by atoms with Crippen molar-refractivity contribution < 1.29 is 42.8 Å². The van der Waals surface area contributed by atoms with Crippen molar-refractivity contribution in [3.63, 3.8) is 0 Å². The molecule has 1 aromatic carbocycles. The molecule has 0 spiro atoms. The molecule has 224 valence electrons. The molecule has 0 aliphatic carbocycles. The summed E-state index contributed by atoms with van der Waals surface area (Å²) in [5.41, 5.74) is 0.945. The molecule has 1 saturated heterocycles. The fourth-order valence-corrected chi connectivity index (χ4v) is 4.89. The van der Waals surface area contributed by atoms with Crippen LogP contribution in [-0.2, 0) is 30.2 Å². The molecule has 1 aliphatic rings. The highest BCUT2D eigenvalue weighted by molar-refractivity contribution is 5.98. The summed E-state index contributed by atoms with van der Waals surface area (Å²) in [5.74, 6) is -0.988. The van der Waals surface area contributed by atoms with Gasteiger partial charge in [-0.2, -0.15) is 0 Å². The van der Waals surface area contributed by atoms with Gasteiger partial charge in [0, 0.05) is 26.0 Å². The number of ether oxygens (including phenoxy) is 6. The van der Waals surface area contributed by atoms with Crippen molar-refractivity contribution in [1.29, 1.82) is 0 Å². The zero-order chi connectivity index (χ0) is 29.8. The Hall–Kier alpha value is -3.70. The Morgan fingerprint density at radius 1 is 1.07 bits per heavy atom. The van der Waals surface area contributed by atoms with Gasteiger partial charge >= 0.3 is 11.9 Å². The average molecular weight is 573 g/mol. The second-order valence-electron chi connectivity index (χ2n) is 9.74. The standard InChI is InChI=1S/C30H40N2O9/c1-6-39-27-19(2)40-30(35)23(9-7-8-21(27)18-20-10-12-22(37-4)13-11-20)32-29(34)26-28(24(38-5)14-16-31-26)41-25(33)15-17-36-3/h10-14,16,19,21,23,27H,6-9,15,17-18H2,1-5H3,(H,32,34)/t19?,21?,23-,27-/m0/s1. The number of benzene rings is 1. The monoisotopic (exact) mass is 572 g/mol. The van der Waals surface area contributed by atoms with Gasteiger partial charge in [-0.25, -0.2) is 9.78 Å². The molecule has 41 heavy (non-hydrogen) atoms. The van der Waals surface area contributed by atoms with Gasteiger partial charge < -0.3 is 33.7 Å². The first-order chi connectivity index (χ1) is 19.8. The Balaban J connectivity index is 1.78. The van der Waals surface area contributed by atoms with Crippen molar-refractivity contribution in [3.05, 3.63) is 47.8 Å². The lowest BCUT2D eigenvalue weighted by Crippen LogP contribution is -2.44. The second kappa shape index (κ2) is 15.9. The zero-order valence-electron chi connectivity index (χ0n) is 24.3. The summed E-state index contributed by atoms with van der Waals surface area (Å²) in [6.45, 7) is 4.34. The van der Waals surface area contributed by atoms with E-state index in [1.54, 1.807) is 7.11 Å². The number of esters is 2. The van der Waals surface area contributed by atoms with Crippen molar-refractivity contribution in [1.82, 2.24) is 10.3 Å². The Morgan fingerprint density at radius 2 is 1.83 bits per heavy atom. The summed E-state index contributed by atoms with van der Waals surface area (Å²) in [7, 11) is 4.48. The van der Waals surface area contributed by atoms with Crippen LogP contribution in [-0.4, -0.2) is 75.6 Å². The van der Waals surface area contributed by atoms with Crippen molar-refractivity contribution in [3.8, 4) is 17.2 Å². The molecule has 1 fully saturated rings. The molecule has 2 unspecified atom stereocenters. The molecule has 11 heteroatoms. The van der Waals surface area contributed by atoms with Crippen LogP contribution in [0.25, 0.3) is 0 Å². The minimum Gasteiger partial charge on any atom is -0.497 e. The van der Waals surface area contributed by atoms with Gasteiger partial charge in [0.1, 0.15) is 17.9 Å². The van der Waals surface area contributed by atoms with Crippen LogP contribution in [0.2, 0.25) is 0 Å². The minimum atomic E-state index is -0.933. The van der Waals surface area contributed by atoms with Gasteiger partial charge in [0.05, 0.1) is 33.4 Å². The third kappa shape index (κ3) is 8.89.